The molecule has 0 bridgehead atoms. The third kappa shape index (κ3) is 3.43. The van der Waals surface area contributed by atoms with E-state index in [-0.39, 0.29) is 12.2 Å². The number of aromatic nitrogens is 2. The van der Waals surface area contributed by atoms with Crippen LogP contribution in [0.1, 0.15) is 19.7 Å². The molecule has 2 aromatic rings. The van der Waals surface area contributed by atoms with Gasteiger partial charge in [-0.25, -0.2) is 0 Å². The summed E-state index contributed by atoms with van der Waals surface area (Å²) < 4.78 is 11.1. The van der Waals surface area contributed by atoms with Gasteiger partial charge in [-0.3, -0.25) is 4.90 Å². The van der Waals surface area contributed by atoms with Crippen molar-refractivity contribution in [2.75, 3.05) is 13.1 Å². The predicted octanol–water partition coefficient (Wildman–Crippen LogP) is 3.00. The molecule has 0 amide bonds. The first-order valence-electron chi connectivity index (χ1n) is 7.07. The van der Waals surface area contributed by atoms with E-state index in [2.05, 4.69) is 28.9 Å². The maximum atomic E-state index is 6.15. The van der Waals surface area contributed by atoms with E-state index in [0.717, 1.165) is 18.7 Å². The highest BCUT2D eigenvalue weighted by molar-refractivity contribution is 6.33. The Bertz CT molecular complexity index is 606. The van der Waals surface area contributed by atoms with Crippen LogP contribution >= 0.6 is 11.6 Å². The van der Waals surface area contributed by atoms with Crippen molar-refractivity contribution in [3.05, 3.63) is 35.2 Å². The molecule has 1 aliphatic rings. The lowest BCUT2D eigenvalue weighted by molar-refractivity contribution is -0.0725. The summed E-state index contributed by atoms with van der Waals surface area (Å²) in [4.78, 5) is 6.71. The van der Waals surface area contributed by atoms with Gasteiger partial charge < -0.3 is 9.26 Å². The minimum Gasteiger partial charge on any atom is -0.373 e. The van der Waals surface area contributed by atoms with E-state index in [9.17, 15) is 0 Å². The summed E-state index contributed by atoms with van der Waals surface area (Å²) in [5, 5.41) is 4.65. The average molecular weight is 308 g/mol. The Morgan fingerprint density at radius 1 is 1.24 bits per heavy atom. The fourth-order valence-corrected chi connectivity index (χ4v) is 2.90. The molecule has 0 aliphatic carbocycles. The fraction of sp³-hybridized carbons (Fsp3) is 0.467. The van der Waals surface area contributed by atoms with E-state index in [1.807, 2.05) is 24.3 Å². The van der Waals surface area contributed by atoms with Crippen LogP contribution in [0, 0.1) is 0 Å². The van der Waals surface area contributed by atoms with E-state index >= 15 is 0 Å². The molecule has 2 heterocycles. The van der Waals surface area contributed by atoms with Crippen molar-refractivity contribution in [3.63, 3.8) is 0 Å². The maximum absolute atomic E-state index is 6.15. The molecule has 1 aliphatic heterocycles. The van der Waals surface area contributed by atoms with Gasteiger partial charge in [0.1, 0.15) is 0 Å². The van der Waals surface area contributed by atoms with Gasteiger partial charge in [-0.1, -0.05) is 28.9 Å². The number of hydrogen-bond donors (Lipinski definition) is 0. The van der Waals surface area contributed by atoms with Crippen LogP contribution in [-0.4, -0.2) is 40.3 Å². The second-order valence-electron chi connectivity index (χ2n) is 5.44. The summed E-state index contributed by atoms with van der Waals surface area (Å²) in [5.41, 5.74) is 0.790. The zero-order valence-electron chi connectivity index (χ0n) is 12.1. The Hall–Kier alpha value is -1.43. The highest BCUT2D eigenvalue weighted by atomic mass is 35.5. The summed E-state index contributed by atoms with van der Waals surface area (Å²) in [7, 11) is 0. The first-order chi connectivity index (χ1) is 10.1. The molecule has 0 radical (unpaired) electrons. The van der Waals surface area contributed by atoms with E-state index in [1.54, 1.807) is 0 Å². The van der Waals surface area contributed by atoms with Crippen LogP contribution in [0.5, 0.6) is 0 Å². The minimum absolute atomic E-state index is 0.222. The van der Waals surface area contributed by atoms with Crippen molar-refractivity contribution in [2.24, 2.45) is 0 Å². The van der Waals surface area contributed by atoms with Crippen molar-refractivity contribution in [1.82, 2.24) is 15.0 Å². The molecular formula is C15H18ClN3O2. The third-order valence-corrected chi connectivity index (χ3v) is 3.77. The second kappa shape index (κ2) is 6.13. The number of rotatable bonds is 3. The molecule has 0 saturated carbocycles. The molecule has 1 aromatic heterocycles. The molecule has 21 heavy (non-hydrogen) atoms. The third-order valence-electron chi connectivity index (χ3n) is 3.44. The molecule has 6 heteroatoms. The molecule has 0 spiro atoms. The van der Waals surface area contributed by atoms with Crippen LogP contribution in [0.15, 0.2) is 28.8 Å². The van der Waals surface area contributed by atoms with Gasteiger partial charge in [-0.15, -0.1) is 0 Å². The van der Waals surface area contributed by atoms with Crippen LogP contribution in [0.4, 0.5) is 0 Å². The zero-order chi connectivity index (χ0) is 14.8. The molecule has 1 saturated heterocycles. The first kappa shape index (κ1) is 14.5. The molecule has 5 nitrogen and oxygen atoms in total. The van der Waals surface area contributed by atoms with Crippen LogP contribution in [0.25, 0.3) is 11.4 Å². The topological polar surface area (TPSA) is 51.4 Å². The Labute approximate surface area is 128 Å². The van der Waals surface area contributed by atoms with E-state index in [1.165, 1.54) is 0 Å². The monoisotopic (exact) mass is 307 g/mol. The van der Waals surface area contributed by atoms with Gasteiger partial charge in [0.15, 0.2) is 0 Å². The number of morpholine rings is 1. The van der Waals surface area contributed by atoms with Gasteiger partial charge in [0.05, 0.1) is 23.8 Å². The Morgan fingerprint density at radius 3 is 2.67 bits per heavy atom. The minimum atomic E-state index is 0.222. The number of halogens is 1. The molecule has 1 aromatic carbocycles. The number of benzene rings is 1. The van der Waals surface area contributed by atoms with Crippen molar-refractivity contribution in [2.45, 2.75) is 32.6 Å². The van der Waals surface area contributed by atoms with Gasteiger partial charge in [-0.05, 0) is 26.0 Å². The zero-order valence-corrected chi connectivity index (χ0v) is 12.9. The van der Waals surface area contributed by atoms with Gasteiger partial charge in [0.2, 0.25) is 11.7 Å². The largest absolute Gasteiger partial charge is 0.373 e. The summed E-state index contributed by atoms with van der Waals surface area (Å²) in [5.74, 6) is 1.14. The van der Waals surface area contributed by atoms with E-state index in [4.69, 9.17) is 20.9 Å². The van der Waals surface area contributed by atoms with Gasteiger partial charge in [0, 0.05) is 18.7 Å². The van der Waals surface area contributed by atoms with Gasteiger partial charge in [-0.2, -0.15) is 4.98 Å². The molecule has 0 unspecified atom stereocenters. The molecule has 2 atom stereocenters. The van der Waals surface area contributed by atoms with Crippen LogP contribution in [-0.2, 0) is 11.3 Å². The predicted molar refractivity (Wildman–Crippen MR) is 80.0 cm³/mol. The molecular weight excluding hydrogens is 290 g/mol. The Kier molecular flexibility index (Phi) is 4.24. The second-order valence-corrected chi connectivity index (χ2v) is 5.85. The summed E-state index contributed by atoms with van der Waals surface area (Å²) in [6, 6.07) is 7.49. The summed E-state index contributed by atoms with van der Waals surface area (Å²) >= 11 is 6.15. The molecule has 0 N–H and O–H groups in total. The van der Waals surface area contributed by atoms with E-state index in [0.29, 0.717) is 23.3 Å². The lowest BCUT2D eigenvalue weighted by Crippen LogP contribution is -2.44. The molecule has 3 rings (SSSR count). The maximum Gasteiger partial charge on any atom is 0.241 e. The first-order valence-corrected chi connectivity index (χ1v) is 7.45. The lowest BCUT2D eigenvalue weighted by atomic mass is 10.2. The number of nitrogens with zero attached hydrogens (tertiary/aromatic N) is 3. The highest BCUT2D eigenvalue weighted by Gasteiger charge is 2.24. The van der Waals surface area contributed by atoms with Gasteiger partial charge >= 0.3 is 0 Å². The quantitative estimate of drug-likeness (QED) is 0.872. The summed E-state index contributed by atoms with van der Waals surface area (Å²) in [6.45, 7) is 6.52. The lowest BCUT2D eigenvalue weighted by Gasteiger charge is -2.34. The Morgan fingerprint density at radius 2 is 1.95 bits per heavy atom. The van der Waals surface area contributed by atoms with Crippen LogP contribution in [0.2, 0.25) is 5.02 Å². The van der Waals surface area contributed by atoms with Crippen LogP contribution < -0.4 is 0 Å². The highest BCUT2D eigenvalue weighted by Crippen LogP contribution is 2.25. The number of ether oxygens (including phenoxy) is 1. The smallest absolute Gasteiger partial charge is 0.241 e. The standard InChI is InChI=1S/C15H18ClN3O2/c1-10-7-19(8-11(2)20-10)9-14-17-15(18-21-14)12-5-3-4-6-13(12)16/h3-6,10-11H,7-9H2,1-2H3/t10-,11-/m1/s1. The SMILES string of the molecule is C[C@@H]1CN(Cc2nc(-c3ccccc3Cl)no2)C[C@@H](C)O1. The van der Waals surface area contributed by atoms with Crippen molar-refractivity contribution in [1.29, 1.82) is 0 Å². The van der Waals surface area contributed by atoms with Crippen LogP contribution in [0.3, 0.4) is 0 Å². The average Bonchev–Trinajstić information content (AvgIpc) is 2.86. The van der Waals surface area contributed by atoms with Crippen molar-refractivity contribution >= 4 is 11.6 Å². The van der Waals surface area contributed by atoms with Gasteiger partial charge in [0.25, 0.3) is 0 Å². The fourth-order valence-electron chi connectivity index (χ4n) is 2.68. The van der Waals surface area contributed by atoms with Crippen molar-refractivity contribution in [3.8, 4) is 11.4 Å². The van der Waals surface area contributed by atoms with E-state index < -0.39 is 0 Å². The summed E-state index contributed by atoms with van der Waals surface area (Å²) in [6.07, 6.45) is 0.444. The normalized spacial score (nSPS) is 23.4. The molecule has 1 fully saturated rings. The molecule has 112 valence electrons. The number of hydrogen-bond acceptors (Lipinski definition) is 5. The Balaban J connectivity index is 1.72. The van der Waals surface area contributed by atoms with Crippen molar-refractivity contribution < 1.29 is 9.26 Å².